The van der Waals surface area contributed by atoms with Crippen LogP contribution in [0.15, 0.2) is 18.2 Å². The molecule has 1 unspecified atom stereocenters. The summed E-state index contributed by atoms with van der Waals surface area (Å²) >= 11 is 1.19. The number of hydrogen-bond donors (Lipinski definition) is 1. The van der Waals surface area contributed by atoms with Crippen molar-refractivity contribution in [1.29, 1.82) is 0 Å². The van der Waals surface area contributed by atoms with Crippen LogP contribution in [-0.2, 0) is 11.6 Å². The summed E-state index contributed by atoms with van der Waals surface area (Å²) in [5.74, 6) is 0. The molecule has 1 heterocycles. The van der Waals surface area contributed by atoms with E-state index in [1.165, 1.54) is 17.4 Å². The first kappa shape index (κ1) is 14.3. The Kier molecular flexibility index (Phi) is 3.35. The fourth-order valence-electron chi connectivity index (χ4n) is 1.56. The maximum absolute atomic E-state index is 12.6. The number of nitrogens with zero attached hydrogens (tertiary/aromatic N) is 1. The molecule has 0 aliphatic heterocycles. The molecule has 0 fully saturated rings. The Labute approximate surface area is 112 Å². The number of aliphatic hydroxyl groups excluding tert-OH is 1. The van der Waals surface area contributed by atoms with Crippen molar-refractivity contribution >= 4 is 21.6 Å². The van der Waals surface area contributed by atoms with E-state index in [0.717, 1.165) is 12.1 Å². The summed E-state index contributed by atoms with van der Waals surface area (Å²) in [6.45, 7) is 5.29. The molecule has 0 spiro atoms. The molecule has 19 heavy (non-hydrogen) atoms. The number of rotatable bonds is 2. The molecule has 0 saturated carbocycles. The lowest BCUT2D eigenvalue weighted by Crippen LogP contribution is -2.30. The number of aliphatic hydroxyl groups is 1. The van der Waals surface area contributed by atoms with E-state index in [9.17, 15) is 18.3 Å². The zero-order valence-corrected chi connectivity index (χ0v) is 11.6. The van der Waals surface area contributed by atoms with Crippen LogP contribution in [0, 0.1) is 0 Å². The van der Waals surface area contributed by atoms with E-state index in [1.807, 2.05) is 13.8 Å². The fraction of sp³-hybridized carbons (Fsp3) is 0.462. The van der Waals surface area contributed by atoms with E-state index in [0.29, 0.717) is 15.2 Å². The van der Waals surface area contributed by atoms with Gasteiger partial charge in [-0.15, -0.1) is 11.3 Å². The molecule has 1 aromatic heterocycles. The second-order valence-electron chi connectivity index (χ2n) is 5.10. The van der Waals surface area contributed by atoms with Gasteiger partial charge in [-0.1, -0.05) is 13.8 Å². The van der Waals surface area contributed by atoms with Gasteiger partial charge in [-0.3, -0.25) is 0 Å². The molecule has 0 bridgehead atoms. The first-order valence-corrected chi connectivity index (χ1v) is 6.60. The number of fused-ring (bicyclic) bond motifs is 1. The second-order valence-corrected chi connectivity index (χ2v) is 6.13. The number of aromatic nitrogens is 1. The quantitative estimate of drug-likeness (QED) is 0.907. The topological polar surface area (TPSA) is 33.1 Å². The number of halogens is 3. The Morgan fingerprint density at radius 1 is 1.26 bits per heavy atom. The summed E-state index contributed by atoms with van der Waals surface area (Å²) in [6.07, 6.45) is -4.98. The smallest absolute Gasteiger partial charge is 0.392 e. The van der Waals surface area contributed by atoms with Crippen molar-refractivity contribution in [2.24, 2.45) is 0 Å². The predicted molar refractivity (Wildman–Crippen MR) is 69.3 cm³/mol. The fourth-order valence-corrected chi connectivity index (χ4v) is 2.75. The van der Waals surface area contributed by atoms with Crippen LogP contribution < -0.4 is 0 Å². The molecule has 0 radical (unpaired) electrons. The van der Waals surface area contributed by atoms with Crippen LogP contribution in [0.25, 0.3) is 10.2 Å². The lowest BCUT2D eigenvalue weighted by Gasteiger charge is -2.24. The Morgan fingerprint density at radius 3 is 2.42 bits per heavy atom. The minimum Gasteiger partial charge on any atom is -0.392 e. The standard InChI is InChI=1S/C13H14F3NOS/c1-7(18)12(2,3)11-17-9-5-4-8(13(14,15)16)6-10(9)19-11/h4-7,18H,1-3H3. The van der Waals surface area contributed by atoms with Crippen molar-refractivity contribution in [3.8, 4) is 0 Å². The van der Waals surface area contributed by atoms with Gasteiger partial charge in [0, 0.05) is 5.41 Å². The Balaban J connectivity index is 2.53. The highest BCUT2D eigenvalue weighted by Gasteiger charge is 2.33. The van der Waals surface area contributed by atoms with Crippen molar-refractivity contribution < 1.29 is 18.3 Å². The zero-order valence-electron chi connectivity index (χ0n) is 10.7. The van der Waals surface area contributed by atoms with Crippen molar-refractivity contribution in [3.05, 3.63) is 28.8 Å². The molecular weight excluding hydrogens is 275 g/mol. The van der Waals surface area contributed by atoms with Crippen molar-refractivity contribution in [1.82, 2.24) is 4.98 Å². The molecule has 6 heteroatoms. The molecule has 104 valence electrons. The van der Waals surface area contributed by atoms with Gasteiger partial charge in [0.25, 0.3) is 0 Å². The van der Waals surface area contributed by atoms with Crippen LogP contribution >= 0.6 is 11.3 Å². The average Bonchev–Trinajstić information content (AvgIpc) is 2.70. The third-order valence-corrected chi connectivity index (χ3v) is 4.67. The van der Waals surface area contributed by atoms with Crippen molar-refractivity contribution in [3.63, 3.8) is 0 Å². The maximum atomic E-state index is 12.6. The van der Waals surface area contributed by atoms with Gasteiger partial charge in [-0.2, -0.15) is 13.2 Å². The lowest BCUT2D eigenvalue weighted by molar-refractivity contribution is -0.137. The Hall–Kier alpha value is -1.14. The zero-order chi connectivity index (χ0) is 14.4. The van der Waals surface area contributed by atoms with Gasteiger partial charge < -0.3 is 5.11 Å². The predicted octanol–water partition coefficient (Wildman–Crippen LogP) is 3.97. The first-order chi connectivity index (χ1) is 8.62. The number of thiazole rings is 1. The summed E-state index contributed by atoms with van der Waals surface area (Å²) in [4.78, 5) is 4.32. The highest BCUT2D eigenvalue weighted by atomic mass is 32.1. The van der Waals surface area contributed by atoms with E-state index in [1.54, 1.807) is 6.92 Å². The second kappa shape index (κ2) is 4.45. The minimum absolute atomic E-state index is 0.485. The van der Waals surface area contributed by atoms with Crippen LogP contribution in [0.4, 0.5) is 13.2 Å². The highest BCUT2D eigenvalue weighted by Crippen LogP contribution is 2.37. The molecule has 0 aliphatic carbocycles. The summed E-state index contributed by atoms with van der Waals surface area (Å²) in [7, 11) is 0. The minimum atomic E-state index is -4.35. The van der Waals surface area contributed by atoms with Gasteiger partial charge in [0.1, 0.15) is 5.01 Å². The third-order valence-electron chi connectivity index (χ3n) is 3.31. The molecule has 1 atom stereocenters. The molecule has 0 aliphatic rings. The first-order valence-electron chi connectivity index (χ1n) is 5.78. The van der Waals surface area contributed by atoms with Gasteiger partial charge in [0.15, 0.2) is 0 Å². The summed E-state index contributed by atoms with van der Waals surface area (Å²) < 4.78 is 38.4. The molecule has 2 rings (SSSR count). The van der Waals surface area contributed by atoms with Gasteiger partial charge >= 0.3 is 6.18 Å². The van der Waals surface area contributed by atoms with Gasteiger partial charge in [0.05, 0.1) is 21.9 Å². The largest absolute Gasteiger partial charge is 0.416 e. The lowest BCUT2D eigenvalue weighted by atomic mass is 9.88. The average molecular weight is 289 g/mol. The highest BCUT2D eigenvalue weighted by molar-refractivity contribution is 7.18. The molecular formula is C13H14F3NOS. The van der Waals surface area contributed by atoms with Crippen LogP contribution in [0.2, 0.25) is 0 Å². The van der Waals surface area contributed by atoms with Crippen LogP contribution in [0.1, 0.15) is 31.3 Å². The van der Waals surface area contributed by atoms with Crippen LogP contribution in [0.3, 0.4) is 0 Å². The van der Waals surface area contributed by atoms with Crippen molar-refractivity contribution in [2.75, 3.05) is 0 Å². The number of alkyl halides is 3. The van der Waals surface area contributed by atoms with E-state index >= 15 is 0 Å². The maximum Gasteiger partial charge on any atom is 0.416 e. The number of benzene rings is 1. The van der Waals surface area contributed by atoms with Crippen LogP contribution in [-0.4, -0.2) is 16.2 Å². The summed E-state index contributed by atoms with van der Waals surface area (Å²) in [5.41, 5.74) is -0.728. The molecule has 1 aromatic carbocycles. The van der Waals surface area contributed by atoms with Gasteiger partial charge in [0.2, 0.25) is 0 Å². The Morgan fingerprint density at radius 2 is 1.89 bits per heavy atom. The van der Waals surface area contributed by atoms with E-state index in [2.05, 4.69) is 4.98 Å². The van der Waals surface area contributed by atoms with Gasteiger partial charge in [-0.05, 0) is 25.1 Å². The molecule has 2 nitrogen and oxygen atoms in total. The monoisotopic (exact) mass is 289 g/mol. The van der Waals surface area contributed by atoms with Crippen LogP contribution in [0.5, 0.6) is 0 Å². The normalized spacial score (nSPS) is 14.9. The summed E-state index contributed by atoms with van der Waals surface area (Å²) in [5, 5.41) is 10.4. The summed E-state index contributed by atoms with van der Waals surface area (Å²) in [6, 6.07) is 3.51. The molecule has 1 N–H and O–H groups in total. The van der Waals surface area contributed by atoms with E-state index < -0.39 is 23.3 Å². The number of hydrogen-bond acceptors (Lipinski definition) is 3. The van der Waals surface area contributed by atoms with Crippen molar-refractivity contribution in [2.45, 2.75) is 38.5 Å². The molecule has 0 amide bonds. The van der Waals surface area contributed by atoms with Gasteiger partial charge in [-0.25, -0.2) is 4.98 Å². The van der Waals surface area contributed by atoms with E-state index in [4.69, 9.17) is 0 Å². The molecule has 0 saturated heterocycles. The van der Waals surface area contributed by atoms with E-state index in [-0.39, 0.29) is 0 Å². The SMILES string of the molecule is CC(O)C(C)(C)c1nc2ccc(C(F)(F)F)cc2s1. The third kappa shape index (κ3) is 2.60. The molecule has 2 aromatic rings. The Bertz CT molecular complexity index is 601.